The topological polar surface area (TPSA) is 66.5 Å². The fourth-order valence-corrected chi connectivity index (χ4v) is 2.92. The van der Waals surface area contributed by atoms with Gasteiger partial charge in [0, 0.05) is 12.8 Å². The molecule has 2 atom stereocenters. The van der Waals surface area contributed by atoms with Crippen molar-refractivity contribution in [2.75, 3.05) is 18.6 Å². The number of halogens is 1. The Morgan fingerprint density at radius 1 is 1.29 bits per heavy atom. The highest BCUT2D eigenvalue weighted by atomic mass is 32.2. The first-order valence-electron chi connectivity index (χ1n) is 6.81. The number of rotatable bonds is 5. The normalized spacial score (nSPS) is 22.8. The molecule has 2 unspecified atom stereocenters. The maximum Gasteiger partial charge on any atom is 0.241 e. The van der Waals surface area contributed by atoms with Crippen molar-refractivity contribution in [1.29, 1.82) is 0 Å². The van der Waals surface area contributed by atoms with E-state index in [9.17, 15) is 17.6 Å². The van der Waals surface area contributed by atoms with Crippen molar-refractivity contribution >= 4 is 15.7 Å². The molecule has 1 N–H and O–H groups in total. The molecule has 1 aromatic carbocycles. The lowest BCUT2D eigenvalue weighted by Gasteiger charge is -2.24. The molecule has 1 aliphatic rings. The zero-order valence-electron chi connectivity index (χ0n) is 12.0. The summed E-state index contributed by atoms with van der Waals surface area (Å²) in [6, 6.07) is 5.53. The zero-order chi connectivity index (χ0) is 15.6. The molecule has 1 aromatic rings. The van der Waals surface area contributed by atoms with E-state index < -0.39 is 16.0 Å². The van der Waals surface area contributed by atoms with Crippen LogP contribution in [0.15, 0.2) is 24.3 Å². The Kier molecular flexibility index (Phi) is 4.63. The number of nitrogens with one attached hydrogen (secondary N) is 1. The molecule has 0 aromatic heterocycles. The van der Waals surface area contributed by atoms with Gasteiger partial charge in [-0.2, -0.15) is 0 Å². The van der Waals surface area contributed by atoms with Crippen LogP contribution in [0.25, 0.3) is 0 Å². The fourth-order valence-electron chi connectivity index (χ4n) is 2.40. The molecule has 7 heteroatoms. The molecule has 0 radical (unpaired) electrons. The SMILES string of the molecule is CCC1NC(c2ccc(F)cc2)N(CCS(C)(=O)=O)C1=O. The zero-order valence-corrected chi connectivity index (χ0v) is 12.9. The second kappa shape index (κ2) is 6.11. The minimum Gasteiger partial charge on any atom is -0.321 e. The van der Waals surface area contributed by atoms with Gasteiger partial charge in [-0.3, -0.25) is 10.1 Å². The Labute approximate surface area is 124 Å². The molecule has 2 rings (SSSR count). The van der Waals surface area contributed by atoms with Crippen LogP contribution in [-0.4, -0.2) is 43.8 Å². The largest absolute Gasteiger partial charge is 0.321 e. The van der Waals surface area contributed by atoms with Gasteiger partial charge in [-0.05, 0) is 24.1 Å². The van der Waals surface area contributed by atoms with Gasteiger partial charge in [-0.1, -0.05) is 19.1 Å². The predicted octanol–water partition coefficient (Wildman–Crippen LogP) is 1.08. The van der Waals surface area contributed by atoms with Crippen LogP contribution in [0.3, 0.4) is 0 Å². The first kappa shape index (κ1) is 15.9. The quantitative estimate of drug-likeness (QED) is 0.883. The number of carbonyl (C=O) groups excluding carboxylic acids is 1. The summed E-state index contributed by atoms with van der Waals surface area (Å²) < 4.78 is 35.7. The van der Waals surface area contributed by atoms with Gasteiger partial charge < -0.3 is 4.90 Å². The molecule has 0 bridgehead atoms. The van der Waals surface area contributed by atoms with E-state index >= 15 is 0 Å². The van der Waals surface area contributed by atoms with Crippen LogP contribution in [0.1, 0.15) is 25.1 Å². The number of carbonyl (C=O) groups is 1. The van der Waals surface area contributed by atoms with Gasteiger partial charge >= 0.3 is 0 Å². The number of benzene rings is 1. The lowest BCUT2D eigenvalue weighted by molar-refractivity contribution is -0.129. The number of hydrogen-bond acceptors (Lipinski definition) is 4. The summed E-state index contributed by atoms with van der Waals surface area (Å²) in [5, 5.41) is 3.17. The second-order valence-corrected chi connectivity index (χ2v) is 7.50. The van der Waals surface area contributed by atoms with Crippen molar-refractivity contribution in [3.63, 3.8) is 0 Å². The summed E-state index contributed by atoms with van der Waals surface area (Å²) in [5.41, 5.74) is 0.745. The molecule has 116 valence electrons. The average Bonchev–Trinajstić information content (AvgIpc) is 2.73. The van der Waals surface area contributed by atoms with Crippen molar-refractivity contribution in [3.8, 4) is 0 Å². The standard InChI is InChI=1S/C14H19FN2O3S/c1-3-12-14(18)17(8-9-21(2,19)20)13(16-12)10-4-6-11(15)7-5-10/h4-7,12-13,16H,3,8-9H2,1-2H3. The molecule has 1 aliphatic heterocycles. The second-order valence-electron chi connectivity index (χ2n) is 5.24. The third-order valence-corrected chi connectivity index (χ3v) is 4.47. The van der Waals surface area contributed by atoms with Gasteiger partial charge in [0.05, 0.1) is 11.8 Å². The van der Waals surface area contributed by atoms with E-state index in [1.165, 1.54) is 17.0 Å². The van der Waals surface area contributed by atoms with Crippen molar-refractivity contribution < 1.29 is 17.6 Å². The van der Waals surface area contributed by atoms with Crippen molar-refractivity contribution in [1.82, 2.24) is 10.2 Å². The van der Waals surface area contributed by atoms with Gasteiger partial charge in [-0.15, -0.1) is 0 Å². The average molecular weight is 314 g/mol. The number of amides is 1. The minimum absolute atomic E-state index is 0.0887. The number of nitrogens with zero attached hydrogens (tertiary/aromatic N) is 1. The van der Waals surface area contributed by atoms with E-state index in [-0.39, 0.29) is 30.1 Å². The number of sulfone groups is 1. The molecule has 5 nitrogen and oxygen atoms in total. The van der Waals surface area contributed by atoms with Crippen LogP contribution in [0.5, 0.6) is 0 Å². The molecule has 1 amide bonds. The van der Waals surface area contributed by atoms with Crippen LogP contribution in [-0.2, 0) is 14.6 Å². The van der Waals surface area contributed by atoms with Gasteiger partial charge in [0.1, 0.15) is 21.8 Å². The van der Waals surface area contributed by atoms with E-state index in [1.807, 2.05) is 6.92 Å². The minimum atomic E-state index is -3.15. The molecule has 0 spiro atoms. The van der Waals surface area contributed by atoms with Crippen molar-refractivity contribution in [2.45, 2.75) is 25.6 Å². The monoisotopic (exact) mass is 314 g/mol. The molecule has 1 heterocycles. The summed E-state index contributed by atoms with van der Waals surface area (Å²) in [5.74, 6) is -0.553. The van der Waals surface area contributed by atoms with Crippen molar-refractivity contribution in [2.24, 2.45) is 0 Å². The summed E-state index contributed by atoms with van der Waals surface area (Å²) in [4.78, 5) is 13.8. The Bertz CT molecular complexity index is 616. The summed E-state index contributed by atoms with van der Waals surface area (Å²) >= 11 is 0. The molecule has 0 aliphatic carbocycles. The predicted molar refractivity (Wildman–Crippen MR) is 77.8 cm³/mol. The molecule has 1 saturated heterocycles. The van der Waals surface area contributed by atoms with E-state index in [0.29, 0.717) is 6.42 Å². The molecule has 21 heavy (non-hydrogen) atoms. The van der Waals surface area contributed by atoms with E-state index in [4.69, 9.17) is 0 Å². The van der Waals surface area contributed by atoms with Gasteiger partial charge in [0.25, 0.3) is 0 Å². The van der Waals surface area contributed by atoms with Gasteiger partial charge in [0.15, 0.2) is 0 Å². The van der Waals surface area contributed by atoms with Crippen LogP contribution < -0.4 is 5.32 Å². The Balaban J connectivity index is 2.23. The van der Waals surface area contributed by atoms with Gasteiger partial charge in [0.2, 0.25) is 5.91 Å². The maximum absolute atomic E-state index is 13.0. The Morgan fingerprint density at radius 2 is 1.90 bits per heavy atom. The van der Waals surface area contributed by atoms with Crippen LogP contribution in [0, 0.1) is 5.82 Å². The van der Waals surface area contributed by atoms with E-state index in [0.717, 1.165) is 11.8 Å². The van der Waals surface area contributed by atoms with Crippen LogP contribution >= 0.6 is 0 Å². The maximum atomic E-state index is 13.0. The first-order chi connectivity index (χ1) is 9.81. The van der Waals surface area contributed by atoms with Crippen LogP contribution in [0.4, 0.5) is 4.39 Å². The summed E-state index contributed by atoms with van der Waals surface area (Å²) in [7, 11) is -3.15. The summed E-state index contributed by atoms with van der Waals surface area (Å²) in [6.45, 7) is 2.01. The van der Waals surface area contributed by atoms with Crippen LogP contribution in [0.2, 0.25) is 0 Å². The highest BCUT2D eigenvalue weighted by Gasteiger charge is 2.38. The molecular weight excluding hydrogens is 295 g/mol. The molecule has 0 saturated carbocycles. The smallest absolute Gasteiger partial charge is 0.241 e. The third-order valence-electron chi connectivity index (χ3n) is 3.55. The lowest BCUT2D eigenvalue weighted by atomic mass is 10.1. The van der Waals surface area contributed by atoms with Gasteiger partial charge in [-0.25, -0.2) is 12.8 Å². The molecular formula is C14H19FN2O3S. The first-order valence-corrected chi connectivity index (χ1v) is 8.87. The molecule has 1 fully saturated rings. The van der Waals surface area contributed by atoms with Crippen molar-refractivity contribution in [3.05, 3.63) is 35.6 Å². The highest BCUT2D eigenvalue weighted by molar-refractivity contribution is 7.90. The number of hydrogen-bond donors (Lipinski definition) is 1. The third kappa shape index (κ3) is 3.79. The van der Waals surface area contributed by atoms with E-state index in [2.05, 4.69) is 5.32 Å². The highest BCUT2D eigenvalue weighted by Crippen LogP contribution is 2.26. The lowest BCUT2D eigenvalue weighted by Crippen LogP contribution is -2.34. The Hall–Kier alpha value is -1.47. The Morgan fingerprint density at radius 3 is 2.43 bits per heavy atom. The fraction of sp³-hybridized carbons (Fsp3) is 0.500. The summed E-state index contributed by atoms with van der Waals surface area (Å²) in [6.07, 6.45) is 1.35. The van der Waals surface area contributed by atoms with E-state index in [1.54, 1.807) is 12.1 Å².